The summed E-state index contributed by atoms with van der Waals surface area (Å²) in [7, 11) is 1.68. The molecule has 0 unspecified atom stereocenters. The molecular formula is C15H21NO3. The number of aliphatic hydroxyl groups is 1. The quantitative estimate of drug-likeness (QED) is 0.822. The minimum atomic E-state index is -0.749. The first-order chi connectivity index (χ1) is 9.15. The predicted molar refractivity (Wildman–Crippen MR) is 72.6 cm³/mol. The molecule has 0 heterocycles. The number of hydrogen-bond donors (Lipinski definition) is 2. The number of amides is 1. The van der Waals surface area contributed by atoms with E-state index in [1.165, 1.54) is 0 Å². The van der Waals surface area contributed by atoms with Crippen molar-refractivity contribution in [3.8, 4) is 0 Å². The molecule has 2 rings (SSSR count). The summed E-state index contributed by atoms with van der Waals surface area (Å²) < 4.78 is 5.44. The Morgan fingerprint density at radius 3 is 2.63 bits per heavy atom. The number of hydrogen-bond acceptors (Lipinski definition) is 3. The molecule has 0 aromatic heterocycles. The van der Waals surface area contributed by atoms with Crippen LogP contribution in [0.15, 0.2) is 30.3 Å². The fourth-order valence-electron chi connectivity index (χ4n) is 2.32. The number of carbonyl (C=O) groups is 1. The first-order valence-corrected chi connectivity index (χ1v) is 6.70. The fraction of sp³-hybridized carbons (Fsp3) is 0.533. The lowest BCUT2D eigenvalue weighted by atomic mass is 9.80. The van der Waals surface area contributed by atoms with E-state index in [2.05, 4.69) is 5.32 Å². The van der Waals surface area contributed by atoms with E-state index in [1.807, 2.05) is 30.3 Å². The highest BCUT2D eigenvalue weighted by Crippen LogP contribution is 2.34. The van der Waals surface area contributed by atoms with Gasteiger partial charge in [-0.2, -0.15) is 0 Å². The van der Waals surface area contributed by atoms with Crippen molar-refractivity contribution < 1.29 is 14.6 Å². The van der Waals surface area contributed by atoms with Crippen LogP contribution in [-0.2, 0) is 9.53 Å². The molecule has 0 bridgehead atoms. The third-order valence-electron chi connectivity index (χ3n) is 3.87. The van der Waals surface area contributed by atoms with Gasteiger partial charge in [-0.25, -0.2) is 0 Å². The molecule has 1 aromatic rings. The first kappa shape index (κ1) is 14.0. The maximum atomic E-state index is 11.8. The molecule has 4 heteroatoms. The van der Waals surface area contributed by atoms with Crippen molar-refractivity contribution in [3.05, 3.63) is 35.9 Å². The Bertz CT molecular complexity index is 409. The molecule has 1 aliphatic carbocycles. The van der Waals surface area contributed by atoms with Gasteiger partial charge in [-0.1, -0.05) is 30.3 Å². The molecule has 104 valence electrons. The number of aliphatic hydroxyl groups excluding tert-OH is 1. The normalized spacial score (nSPS) is 18.4. The molecule has 0 aliphatic heterocycles. The van der Waals surface area contributed by atoms with Gasteiger partial charge in [0.2, 0.25) is 5.91 Å². The fourth-order valence-corrected chi connectivity index (χ4v) is 2.32. The number of benzene rings is 1. The Balaban J connectivity index is 1.78. The highest BCUT2D eigenvalue weighted by atomic mass is 16.5. The lowest BCUT2D eigenvalue weighted by Gasteiger charge is -2.40. The zero-order valence-corrected chi connectivity index (χ0v) is 11.3. The van der Waals surface area contributed by atoms with Crippen molar-refractivity contribution in [2.45, 2.75) is 37.4 Å². The van der Waals surface area contributed by atoms with Crippen molar-refractivity contribution in [3.63, 3.8) is 0 Å². The first-order valence-electron chi connectivity index (χ1n) is 6.70. The maximum Gasteiger partial charge on any atom is 0.223 e. The summed E-state index contributed by atoms with van der Waals surface area (Å²) in [6, 6.07) is 9.23. The highest BCUT2D eigenvalue weighted by molar-refractivity contribution is 5.76. The Kier molecular flexibility index (Phi) is 4.56. The minimum Gasteiger partial charge on any atom is -0.388 e. The van der Waals surface area contributed by atoms with E-state index >= 15 is 0 Å². The van der Waals surface area contributed by atoms with E-state index in [0.29, 0.717) is 6.54 Å². The monoisotopic (exact) mass is 263 g/mol. The molecule has 1 amide bonds. The molecular weight excluding hydrogens is 242 g/mol. The van der Waals surface area contributed by atoms with Crippen LogP contribution >= 0.6 is 0 Å². The Hall–Kier alpha value is -1.39. The largest absolute Gasteiger partial charge is 0.388 e. The zero-order valence-electron chi connectivity index (χ0n) is 11.3. The molecule has 0 radical (unpaired) electrons. The topological polar surface area (TPSA) is 58.6 Å². The van der Waals surface area contributed by atoms with Crippen LogP contribution in [0.1, 0.15) is 37.4 Å². The van der Waals surface area contributed by atoms with Gasteiger partial charge in [-0.15, -0.1) is 0 Å². The van der Waals surface area contributed by atoms with E-state index in [9.17, 15) is 9.90 Å². The second-order valence-corrected chi connectivity index (χ2v) is 5.15. The van der Waals surface area contributed by atoms with Crippen LogP contribution in [0.2, 0.25) is 0 Å². The molecule has 2 N–H and O–H groups in total. The van der Waals surface area contributed by atoms with Gasteiger partial charge in [0.15, 0.2) is 0 Å². The van der Waals surface area contributed by atoms with E-state index in [0.717, 1.165) is 24.8 Å². The molecule has 4 nitrogen and oxygen atoms in total. The lowest BCUT2D eigenvalue weighted by Crippen LogP contribution is -2.49. The highest BCUT2D eigenvalue weighted by Gasteiger charge is 2.37. The van der Waals surface area contributed by atoms with Gasteiger partial charge >= 0.3 is 0 Å². The molecule has 0 spiro atoms. The smallest absolute Gasteiger partial charge is 0.223 e. The minimum absolute atomic E-state index is 0.0871. The van der Waals surface area contributed by atoms with E-state index < -0.39 is 6.10 Å². The predicted octanol–water partition coefficient (Wildman–Crippen LogP) is 1.80. The van der Waals surface area contributed by atoms with Gasteiger partial charge in [0.05, 0.1) is 18.1 Å². The van der Waals surface area contributed by atoms with E-state index in [1.54, 1.807) is 7.11 Å². The van der Waals surface area contributed by atoms with Crippen molar-refractivity contribution in [1.29, 1.82) is 0 Å². The lowest BCUT2D eigenvalue weighted by molar-refractivity contribution is -0.126. The van der Waals surface area contributed by atoms with E-state index in [-0.39, 0.29) is 17.9 Å². The van der Waals surface area contributed by atoms with Crippen LogP contribution in [0.4, 0.5) is 0 Å². The van der Waals surface area contributed by atoms with Crippen LogP contribution in [-0.4, -0.2) is 30.3 Å². The summed E-state index contributed by atoms with van der Waals surface area (Å²) in [4.78, 5) is 11.8. The number of rotatable bonds is 6. The summed E-state index contributed by atoms with van der Waals surface area (Å²) in [5, 5.41) is 12.8. The second kappa shape index (κ2) is 6.17. The number of carbonyl (C=O) groups excluding carboxylic acids is 1. The summed E-state index contributed by atoms with van der Waals surface area (Å²) in [5.74, 6) is -0.139. The van der Waals surface area contributed by atoms with Gasteiger partial charge in [0.25, 0.3) is 0 Å². The summed E-state index contributed by atoms with van der Waals surface area (Å²) in [6.07, 6.45) is 2.47. The van der Waals surface area contributed by atoms with Crippen LogP contribution < -0.4 is 5.32 Å². The second-order valence-electron chi connectivity index (χ2n) is 5.15. The summed E-state index contributed by atoms with van der Waals surface area (Å²) >= 11 is 0. The molecule has 19 heavy (non-hydrogen) atoms. The van der Waals surface area contributed by atoms with Crippen LogP contribution in [0.3, 0.4) is 0 Å². The third-order valence-corrected chi connectivity index (χ3v) is 3.87. The standard InChI is InChI=1S/C15H21NO3/c1-19-15(8-5-9-15)11-16-14(18)10-13(17)12-6-3-2-4-7-12/h2-4,6-7,13,17H,5,8-11H2,1H3,(H,16,18)/t13-/m1/s1. The molecule has 1 atom stereocenters. The molecule has 1 fully saturated rings. The van der Waals surface area contributed by atoms with Crippen molar-refractivity contribution in [2.24, 2.45) is 0 Å². The maximum absolute atomic E-state index is 11.8. The third kappa shape index (κ3) is 3.55. The van der Waals surface area contributed by atoms with Gasteiger partial charge in [0, 0.05) is 13.7 Å². The molecule has 1 aliphatic rings. The Labute approximate surface area is 113 Å². The summed E-state index contributed by atoms with van der Waals surface area (Å²) in [6.45, 7) is 0.532. The van der Waals surface area contributed by atoms with Crippen molar-refractivity contribution >= 4 is 5.91 Å². The Morgan fingerprint density at radius 1 is 1.42 bits per heavy atom. The average Bonchev–Trinajstić information content (AvgIpc) is 2.39. The number of methoxy groups -OCH3 is 1. The van der Waals surface area contributed by atoms with Crippen LogP contribution in [0.25, 0.3) is 0 Å². The van der Waals surface area contributed by atoms with Crippen LogP contribution in [0.5, 0.6) is 0 Å². The Morgan fingerprint density at radius 2 is 2.11 bits per heavy atom. The molecule has 1 saturated carbocycles. The number of nitrogens with one attached hydrogen (secondary N) is 1. The van der Waals surface area contributed by atoms with Gasteiger partial charge in [0.1, 0.15) is 0 Å². The van der Waals surface area contributed by atoms with Gasteiger partial charge in [-0.3, -0.25) is 4.79 Å². The van der Waals surface area contributed by atoms with Gasteiger partial charge in [-0.05, 0) is 24.8 Å². The molecule has 0 saturated heterocycles. The van der Waals surface area contributed by atoms with Crippen molar-refractivity contribution in [1.82, 2.24) is 5.32 Å². The number of ether oxygens (including phenoxy) is 1. The van der Waals surface area contributed by atoms with Crippen molar-refractivity contribution in [2.75, 3.05) is 13.7 Å². The summed E-state index contributed by atoms with van der Waals surface area (Å²) in [5.41, 5.74) is 0.593. The van der Waals surface area contributed by atoms with Gasteiger partial charge < -0.3 is 15.2 Å². The molecule has 1 aromatic carbocycles. The zero-order chi connectivity index (χ0) is 13.7. The van der Waals surface area contributed by atoms with Crippen LogP contribution in [0, 0.1) is 0 Å². The average molecular weight is 263 g/mol. The van der Waals surface area contributed by atoms with E-state index in [4.69, 9.17) is 4.74 Å². The SMILES string of the molecule is COC1(CNC(=O)C[C@@H](O)c2ccccc2)CCC1.